The number of nitrogens with one attached hydrogen (secondary N) is 1. The Kier molecular flexibility index (Phi) is 10.00. The molecule has 1 N–H and O–H groups in total. The van der Waals surface area contributed by atoms with Crippen molar-refractivity contribution in [1.29, 1.82) is 0 Å². The molecular weight excluding hydrogens is 575 g/mol. The molecule has 3 aromatic rings. The van der Waals surface area contributed by atoms with Crippen molar-refractivity contribution in [2.75, 3.05) is 13.1 Å². The quantitative estimate of drug-likeness (QED) is 0.272. The molecule has 0 bridgehead atoms. The fourth-order valence-electron chi connectivity index (χ4n) is 4.97. The molecule has 1 atom stereocenters. The van der Waals surface area contributed by atoms with E-state index in [9.17, 15) is 13.2 Å². The van der Waals surface area contributed by atoms with Crippen LogP contribution < -0.4 is 4.72 Å². The summed E-state index contributed by atoms with van der Waals surface area (Å²) in [5.41, 5.74) is 3.18. The summed E-state index contributed by atoms with van der Waals surface area (Å²) in [6, 6.07) is 19.0. The normalized spacial score (nSPS) is 15.5. The van der Waals surface area contributed by atoms with Gasteiger partial charge in [0.25, 0.3) is 0 Å². The Morgan fingerprint density at radius 1 is 0.949 bits per heavy atom. The molecule has 0 aliphatic carbocycles. The lowest BCUT2D eigenvalue weighted by Crippen LogP contribution is -2.41. The Labute approximate surface area is 246 Å². The molecule has 1 aliphatic heterocycles. The summed E-state index contributed by atoms with van der Waals surface area (Å²) >= 11 is 18.5. The van der Waals surface area contributed by atoms with Gasteiger partial charge in [-0.3, -0.25) is 4.79 Å². The van der Waals surface area contributed by atoms with E-state index in [0.717, 1.165) is 19.3 Å². The highest BCUT2D eigenvalue weighted by Crippen LogP contribution is 2.30. The summed E-state index contributed by atoms with van der Waals surface area (Å²) in [4.78, 5) is 15.1. The van der Waals surface area contributed by atoms with Gasteiger partial charge in [0.15, 0.2) is 0 Å². The van der Waals surface area contributed by atoms with E-state index in [4.69, 9.17) is 34.8 Å². The number of carbonyl (C=O) groups is 1. The Balaban J connectivity index is 1.43. The van der Waals surface area contributed by atoms with Gasteiger partial charge in [0.05, 0.1) is 10.9 Å². The molecule has 9 heteroatoms. The van der Waals surface area contributed by atoms with Crippen molar-refractivity contribution in [2.24, 2.45) is 5.92 Å². The van der Waals surface area contributed by atoms with Crippen LogP contribution in [0.5, 0.6) is 0 Å². The van der Waals surface area contributed by atoms with Crippen LogP contribution in [0.4, 0.5) is 0 Å². The van der Waals surface area contributed by atoms with Crippen molar-refractivity contribution in [3.05, 3.63) is 98.5 Å². The molecule has 1 fully saturated rings. The van der Waals surface area contributed by atoms with E-state index in [0.29, 0.717) is 35.5 Å². The predicted molar refractivity (Wildman–Crippen MR) is 159 cm³/mol. The number of sulfonamides is 1. The van der Waals surface area contributed by atoms with E-state index in [1.165, 1.54) is 29.3 Å². The second-order valence-electron chi connectivity index (χ2n) is 10.4. The number of benzene rings is 3. The fourth-order valence-corrected chi connectivity index (χ4v) is 7.18. The van der Waals surface area contributed by atoms with E-state index in [1.54, 1.807) is 24.3 Å². The third-order valence-electron chi connectivity index (χ3n) is 7.24. The first-order valence-corrected chi connectivity index (χ1v) is 15.7. The first-order chi connectivity index (χ1) is 18.5. The van der Waals surface area contributed by atoms with Gasteiger partial charge in [0, 0.05) is 34.6 Å². The lowest BCUT2D eigenvalue weighted by atomic mass is 9.89. The van der Waals surface area contributed by atoms with Crippen LogP contribution in [-0.4, -0.2) is 32.3 Å². The third-order valence-corrected chi connectivity index (χ3v) is 9.47. The summed E-state index contributed by atoms with van der Waals surface area (Å²) in [6.45, 7) is 5.66. The molecule has 1 heterocycles. The molecule has 0 saturated carbocycles. The smallest absolute Gasteiger partial charge is 0.241 e. The molecule has 0 spiro atoms. The number of likely N-dealkylation sites (tertiary alicyclic amines) is 1. The predicted octanol–water partition coefficient (Wildman–Crippen LogP) is 7.66. The van der Waals surface area contributed by atoms with Crippen LogP contribution in [0.1, 0.15) is 61.8 Å². The lowest BCUT2D eigenvalue weighted by Gasteiger charge is -2.33. The summed E-state index contributed by atoms with van der Waals surface area (Å²) in [5, 5.41) is 0.781. The fraction of sp³-hybridized carbons (Fsp3) is 0.367. The van der Waals surface area contributed by atoms with E-state index in [1.807, 2.05) is 4.90 Å². The summed E-state index contributed by atoms with van der Waals surface area (Å²) in [6.07, 6.45) is 2.74. The SMILES string of the molecule is CC(C)c1ccc(CC2CCN(C(=O)CC(NS(=O)(=O)c3cc(Cl)cc(Cl)c3)c3ccccc3Cl)CC2)cc1. The standard InChI is InChI=1S/C30H33Cl3N2O3S/c1-20(2)23-9-7-21(8-10-23)15-22-11-13-35(14-12-22)30(36)19-29(27-5-3-4-6-28(27)33)34-39(37,38)26-17-24(31)16-25(32)18-26/h3-10,16-18,20,22,29,34H,11-15,19H2,1-2H3. The van der Waals surface area contributed by atoms with Crippen molar-refractivity contribution in [1.82, 2.24) is 9.62 Å². The monoisotopic (exact) mass is 606 g/mol. The van der Waals surface area contributed by atoms with Crippen molar-refractivity contribution in [3.63, 3.8) is 0 Å². The first kappa shape index (κ1) is 29.9. The molecule has 5 nitrogen and oxygen atoms in total. The average molecular weight is 608 g/mol. The van der Waals surface area contributed by atoms with Gasteiger partial charge in [0.1, 0.15) is 0 Å². The van der Waals surface area contributed by atoms with Crippen molar-refractivity contribution in [2.45, 2.75) is 56.4 Å². The minimum absolute atomic E-state index is 0.0570. The number of hydrogen-bond acceptors (Lipinski definition) is 3. The van der Waals surface area contributed by atoms with Gasteiger partial charge in [-0.2, -0.15) is 0 Å². The molecule has 39 heavy (non-hydrogen) atoms. The largest absolute Gasteiger partial charge is 0.343 e. The van der Waals surface area contributed by atoms with E-state index in [2.05, 4.69) is 42.8 Å². The Morgan fingerprint density at radius 3 is 2.15 bits per heavy atom. The molecular formula is C30H33Cl3N2O3S. The number of amides is 1. The van der Waals surface area contributed by atoms with Crippen molar-refractivity contribution < 1.29 is 13.2 Å². The van der Waals surface area contributed by atoms with E-state index < -0.39 is 16.1 Å². The second-order valence-corrected chi connectivity index (χ2v) is 13.4. The Bertz CT molecular complexity index is 1380. The second kappa shape index (κ2) is 13.0. The van der Waals surface area contributed by atoms with Crippen LogP contribution in [0.15, 0.2) is 71.6 Å². The van der Waals surface area contributed by atoms with E-state index >= 15 is 0 Å². The number of halogens is 3. The highest BCUT2D eigenvalue weighted by atomic mass is 35.5. The highest BCUT2D eigenvalue weighted by Gasteiger charge is 2.29. The zero-order valence-electron chi connectivity index (χ0n) is 22.0. The molecule has 3 aromatic carbocycles. The van der Waals surface area contributed by atoms with Crippen LogP contribution in [0.3, 0.4) is 0 Å². The maximum absolute atomic E-state index is 13.4. The maximum atomic E-state index is 13.4. The number of rotatable bonds is 9. The van der Waals surface area contributed by atoms with Crippen LogP contribution in [0.2, 0.25) is 15.1 Å². The molecule has 0 radical (unpaired) electrons. The van der Waals surface area contributed by atoms with Crippen LogP contribution in [-0.2, 0) is 21.2 Å². The van der Waals surface area contributed by atoms with E-state index in [-0.39, 0.29) is 27.3 Å². The highest BCUT2D eigenvalue weighted by molar-refractivity contribution is 7.89. The van der Waals surface area contributed by atoms with Gasteiger partial charge in [-0.25, -0.2) is 13.1 Å². The molecule has 4 rings (SSSR count). The third kappa shape index (κ3) is 7.99. The van der Waals surface area contributed by atoms with Gasteiger partial charge < -0.3 is 4.90 Å². The number of hydrogen-bond donors (Lipinski definition) is 1. The minimum atomic E-state index is -4.05. The Hall–Kier alpha value is -2.09. The summed E-state index contributed by atoms with van der Waals surface area (Å²) in [5.74, 6) is 0.895. The number of carbonyl (C=O) groups excluding carboxylic acids is 1. The maximum Gasteiger partial charge on any atom is 0.241 e. The topological polar surface area (TPSA) is 66.5 Å². The molecule has 1 amide bonds. The van der Waals surface area contributed by atoms with Gasteiger partial charge in [-0.05, 0) is 72.1 Å². The zero-order valence-corrected chi connectivity index (χ0v) is 25.1. The van der Waals surface area contributed by atoms with Gasteiger partial charge >= 0.3 is 0 Å². The van der Waals surface area contributed by atoms with Gasteiger partial charge in [-0.1, -0.05) is 91.1 Å². The van der Waals surface area contributed by atoms with Crippen LogP contribution >= 0.6 is 34.8 Å². The van der Waals surface area contributed by atoms with Gasteiger partial charge in [0.2, 0.25) is 15.9 Å². The molecule has 208 valence electrons. The minimum Gasteiger partial charge on any atom is -0.343 e. The summed E-state index contributed by atoms with van der Waals surface area (Å²) < 4.78 is 29.2. The Morgan fingerprint density at radius 2 is 1.56 bits per heavy atom. The summed E-state index contributed by atoms with van der Waals surface area (Å²) in [7, 11) is -4.05. The zero-order chi connectivity index (χ0) is 28.2. The number of piperidine rings is 1. The van der Waals surface area contributed by atoms with Crippen molar-refractivity contribution >= 4 is 50.7 Å². The van der Waals surface area contributed by atoms with Crippen molar-refractivity contribution in [3.8, 4) is 0 Å². The van der Waals surface area contributed by atoms with Crippen LogP contribution in [0.25, 0.3) is 0 Å². The average Bonchev–Trinajstić information content (AvgIpc) is 2.88. The lowest BCUT2D eigenvalue weighted by molar-refractivity contribution is -0.133. The number of nitrogens with zero attached hydrogens (tertiary/aromatic N) is 1. The first-order valence-electron chi connectivity index (χ1n) is 13.1. The van der Waals surface area contributed by atoms with Gasteiger partial charge in [-0.15, -0.1) is 0 Å². The molecule has 0 aromatic heterocycles. The molecule has 1 saturated heterocycles. The molecule has 1 unspecified atom stereocenters. The van der Waals surface area contributed by atoms with Crippen LogP contribution in [0, 0.1) is 5.92 Å². The molecule has 1 aliphatic rings.